The minimum Gasteiger partial charge on any atom is -0.466 e. The molecule has 2 rings (SSSR count). The standard InChI is InChI=1S/C14H21NO3/c1-9-7-12(9)13-5-3-11(18-13)4-6-14(17)15-10(2)8-16/h3,5,9-10,12,16H,4,6-8H2,1-2H3,(H,15,17). The topological polar surface area (TPSA) is 62.5 Å². The van der Waals surface area contributed by atoms with Crippen molar-refractivity contribution in [1.29, 1.82) is 0 Å². The largest absolute Gasteiger partial charge is 0.466 e. The first-order chi connectivity index (χ1) is 8.60. The Morgan fingerprint density at radius 2 is 2.33 bits per heavy atom. The van der Waals surface area contributed by atoms with E-state index in [-0.39, 0.29) is 18.6 Å². The molecule has 3 atom stereocenters. The molecule has 1 fully saturated rings. The van der Waals surface area contributed by atoms with E-state index in [1.54, 1.807) is 6.92 Å². The lowest BCUT2D eigenvalue weighted by Gasteiger charge is -2.09. The van der Waals surface area contributed by atoms with Crippen LogP contribution in [0, 0.1) is 5.92 Å². The molecule has 1 saturated carbocycles. The van der Waals surface area contributed by atoms with E-state index >= 15 is 0 Å². The number of hydrogen-bond acceptors (Lipinski definition) is 3. The van der Waals surface area contributed by atoms with Crippen LogP contribution in [0.25, 0.3) is 0 Å². The SMILES string of the molecule is CC(CO)NC(=O)CCc1ccc(C2CC2C)o1. The van der Waals surface area contributed by atoms with Gasteiger partial charge in [0.1, 0.15) is 11.5 Å². The molecule has 1 aromatic heterocycles. The van der Waals surface area contributed by atoms with Gasteiger partial charge in [0.25, 0.3) is 0 Å². The first-order valence-electron chi connectivity index (χ1n) is 6.59. The van der Waals surface area contributed by atoms with Crippen molar-refractivity contribution in [3.63, 3.8) is 0 Å². The lowest BCUT2D eigenvalue weighted by atomic mass is 10.2. The highest BCUT2D eigenvalue weighted by molar-refractivity contribution is 5.76. The highest BCUT2D eigenvalue weighted by atomic mass is 16.3. The van der Waals surface area contributed by atoms with Gasteiger partial charge in [0.15, 0.2) is 0 Å². The summed E-state index contributed by atoms with van der Waals surface area (Å²) in [4.78, 5) is 11.5. The molecule has 1 aliphatic rings. The molecule has 0 bridgehead atoms. The van der Waals surface area contributed by atoms with Crippen molar-refractivity contribution >= 4 is 5.91 Å². The molecule has 3 unspecified atom stereocenters. The zero-order valence-corrected chi connectivity index (χ0v) is 11.0. The number of aliphatic hydroxyl groups is 1. The number of rotatable bonds is 6. The van der Waals surface area contributed by atoms with Gasteiger partial charge in [-0.25, -0.2) is 0 Å². The molecule has 1 amide bonds. The molecular weight excluding hydrogens is 230 g/mol. The maximum absolute atomic E-state index is 11.5. The Bertz CT molecular complexity index is 413. The molecular formula is C14H21NO3. The maximum Gasteiger partial charge on any atom is 0.220 e. The Labute approximate surface area is 107 Å². The fourth-order valence-electron chi connectivity index (χ4n) is 2.08. The van der Waals surface area contributed by atoms with Crippen molar-refractivity contribution in [1.82, 2.24) is 5.32 Å². The highest BCUT2D eigenvalue weighted by Crippen LogP contribution is 2.47. The summed E-state index contributed by atoms with van der Waals surface area (Å²) in [5, 5.41) is 11.6. The van der Waals surface area contributed by atoms with Crippen LogP contribution in [0.5, 0.6) is 0 Å². The average molecular weight is 251 g/mol. The third kappa shape index (κ3) is 3.35. The fourth-order valence-corrected chi connectivity index (χ4v) is 2.08. The van der Waals surface area contributed by atoms with E-state index in [9.17, 15) is 4.79 Å². The second-order valence-corrected chi connectivity index (χ2v) is 5.27. The molecule has 1 aromatic rings. The summed E-state index contributed by atoms with van der Waals surface area (Å²) >= 11 is 0. The second kappa shape index (κ2) is 5.57. The summed E-state index contributed by atoms with van der Waals surface area (Å²) in [6, 6.07) is 3.80. The van der Waals surface area contributed by atoms with Crippen LogP contribution in [-0.4, -0.2) is 23.7 Å². The number of furan rings is 1. The Hall–Kier alpha value is -1.29. The van der Waals surface area contributed by atoms with E-state index in [1.807, 2.05) is 12.1 Å². The van der Waals surface area contributed by atoms with Gasteiger partial charge in [-0.05, 0) is 31.4 Å². The van der Waals surface area contributed by atoms with Gasteiger partial charge in [-0.15, -0.1) is 0 Å². The predicted molar refractivity (Wildman–Crippen MR) is 68.2 cm³/mol. The van der Waals surface area contributed by atoms with Crippen LogP contribution in [0.15, 0.2) is 16.5 Å². The number of carbonyl (C=O) groups excluding carboxylic acids is 1. The number of aliphatic hydroxyl groups excluding tert-OH is 1. The van der Waals surface area contributed by atoms with Gasteiger partial charge >= 0.3 is 0 Å². The van der Waals surface area contributed by atoms with Gasteiger partial charge in [-0.1, -0.05) is 6.92 Å². The van der Waals surface area contributed by atoms with E-state index in [0.717, 1.165) is 17.4 Å². The van der Waals surface area contributed by atoms with Gasteiger partial charge in [0.05, 0.1) is 6.61 Å². The van der Waals surface area contributed by atoms with Gasteiger partial charge in [0, 0.05) is 24.8 Å². The molecule has 100 valence electrons. The van der Waals surface area contributed by atoms with Gasteiger partial charge in [-0.3, -0.25) is 4.79 Å². The molecule has 18 heavy (non-hydrogen) atoms. The van der Waals surface area contributed by atoms with Crippen LogP contribution in [0.1, 0.15) is 44.1 Å². The molecule has 0 aromatic carbocycles. The first kappa shape index (κ1) is 13.1. The number of amides is 1. The molecule has 4 heteroatoms. The van der Waals surface area contributed by atoms with E-state index in [1.165, 1.54) is 6.42 Å². The minimum absolute atomic E-state index is 0.0315. The van der Waals surface area contributed by atoms with Crippen molar-refractivity contribution in [2.75, 3.05) is 6.61 Å². The van der Waals surface area contributed by atoms with Crippen molar-refractivity contribution in [3.8, 4) is 0 Å². The third-order valence-corrected chi connectivity index (χ3v) is 3.44. The van der Waals surface area contributed by atoms with Crippen LogP contribution < -0.4 is 5.32 Å². The summed E-state index contributed by atoms with van der Waals surface area (Å²) in [5.74, 6) is 3.20. The molecule has 0 aliphatic heterocycles. The van der Waals surface area contributed by atoms with Gasteiger partial charge in [-0.2, -0.15) is 0 Å². The van der Waals surface area contributed by atoms with Crippen LogP contribution in [-0.2, 0) is 11.2 Å². The molecule has 0 radical (unpaired) electrons. The third-order valence-electron chi connectivity index (χ3n) is 3.44. The summed E-state index contributed by atoms with van der Waals surface area (Å²) in [6.07, 6.45) is 2.23. The minimum atomic E-state index is -0.183. The molecule has 2 N–H and O–H groups in total. The van der Waals surface area contributed by atoms with Crippen LogP contribution in [0.4, 0.5) is 0 Å². The van der Waals surface area contributed by atoms with Crippen molar-refractivity contribution in [2.24, 2.45) is 5.92 Å². The summed E-state index contributed by atoms with van der Waals surface area (Å²) in [7, 11) is 0. The van der Waals surface area contributed by atoms with Crippen molar-refractivity contribution < 1.29 is 14.3 Å². The zero-order valence-electron chi connectivity index (χ0n) is 11.0. The highest BCUT2D eigenvalue weighted by Gasteiger charge is 2.36. The van der Waals surface area contributed by atoms with Gasteiger partial charge in [0.2, 0.25) is 5.91 Å². The average Bonchev–Trinajstić information content (AvgIpc) is 2.90. The summed E-state index contributed by atoms with van der Waals surface area (Å²) in [5.41, 5.74) is 0. The Morgan fingerprint density at radius 3 is 2.94 bits per heavy atom. The number of hydrogen-bond donors (Lipinski definition) is 2. The van der Waals surface area contributed by atoms with E-state index in [4.69, 9.17) is 9.52 Å². The van der Waals surface area contributed by atoms with Crippen molar-refractivity contribution in [3.05, 3.63) is 23.7 Å². The van der Waals surface area contributed by atoms with Crippen LogP contribution in [0.2, 0.25) is 0 Å². The number of aryl methyl sites for hydroxylation is 1. The fraction of sp³-hybridized carbons (Fsp3) is 0.643. The van der Waals surface area contributed by atoms with Gasteiger partial charge < -0.3 is 14.8 Å². The van der Waals surface area contributed by atoms with Crippen molar-refractivity contribution in [2.45, 2.75) is 45.1 Å². The monoisotopic (exact) mass is 251 g/mol. The van der Waals surface area contributed by atoms with E-state index in [0.29, 0.717) is 18.8 Å². The normalized spacial score (nSPS) is 23.7. The predicted octanol–water partition coefficient (Wildman–Crippen LogP) is 1.83. The quantitative estimate of drug-likeness (QED) is 0.811. The first-order valence-corrected chi connectivity index (χ1v) is 6.59. The zero-order chi connectivity index (χ0) is 13.1. The Morgan fingerprint density at radius 1 is 1.61 bits per heavy atom. The Balaban J connectivity index is 1.76. The Kier molecular flexibility index (Phi) is 4.07. The lowest BCUT2D eigenvalue weighted by Crippen LogP contribution is -2.35. The molecule has 0 spiro atoms. The van der Waals surface area contributed by atoms with E-state index in [2.05, 4.69) is 12.2 Å². The maximum atomic E-state index is 11.5. The smallest absolute Gasteiger partial charge is 0.220 e. The second-order valence-electron chi connectivity index (χ2n) is 5.27. The molecule has 0 saturated heterocycles. The van der Waals surface area contributed by atoms with E-state index < -0.39 is 0 Å². The lowest BCUT2D eigenvalue weighted by molar-refractivity contribution is -0.122. The number of nitrogens with one attached hydrogen (secondary N) is 1. The van der Waals surface area contributed by atoms with Crippen LogP contribution in [0.3, 0.4) is 0 Å². The molecule has 1 aliphatic carbocycles. The van der Waals surface area contributed by atoms with Crippen LogP contribution >= 0.6 is 0 Å². The summed E-state index contributed by atoms with van der Waals surface area (Å²) < 4.78 is 5.73. The number of carbonyl (C=O) groups is 1. The molecule has 1 heterocycles. The molecule has 4 nitrogen and oxygen atoms in total. The summed E-state index contributed by atoms with van der Waals surface area (Å²) in [6.45, 7) is 3.96.